The van der Waals surface area contributed by atoms with E-state index >= 15 is 0 Å². The number of ether oxygens (including phenoxy) is 1. The number of nitrogens with one attached hydrogen (secondary N) is 1. The predicted octanol–water partition coefficient (Wildman–Crippen LogP) is 1.84. The number of carbonyl (C=O) groups is 2. The second-order valence-electron chi connectivity index (χ2n) is 7.17. The van der Waals surface area contributed by atoms with E-state index in [9.17, 15) is 14.7 Å². The van der Waals surface area contributed by atoms with Crippen LogP contribution in [-0.4, -0.2) is 52.3 Å². The Morgan fingerprint density at radius 1 is 1.33 bits per heavy atom. The number of hydrogen-bond acceptors (Lipinski definition) is 4. The molecule has 0 bridgehead atoms. The summed E-state index contributed by atoms with van der Waals surface area (Å²) in [5.74, 6) is -1.08. The molecule has 6 heteroatoms. The largest absolute Gasteiger partial charge is 0.479 e. The maximum atomic E-state index is 12.6. The zero-order valence-corrected chi connectivity index (χ0v) is 13.3. The SMILES string of the molecule is CC1CNCCC1(C(=O)O)N(C(=O)OC(C)(C)C)C1CC1. The minimum Gasteiger partial charge on any atom is -0.479 e. The maximum absolute atomic E-state index is 12.6. The van der Waals surface area contributed by atoms with Crippen LogP contribution < -0.4 is 5.32 Å². The fourth-order valence-corrected chi connectivity index (χ4v) is 3.07. The van der Waals surface area contributed by atoms with Crippen molar-refractivity contribution in [3.63, 3.8) is 0 Å². The van der Waals surface area contributed by atoms with Gasteiger partial charge in [-0.3, -0.25) is 4.90 Å². The predicted molar refractivity (Wildman–Crippen MR) is 78.1 cm³/mol. The first-order valence-corrected chi connectivity index (χ1v) is 7.65. The number of nitrogens with zero attached hydrogens (tertiary/aromatic N) is 1. The van der Waals surface area contributed by atoms with Gasteiger partial charge in [-0.2, -0.15) is 0 Å². The number of piperidine rings is 1. The van der Waals surface area contributed by atoms with Crippen molar-refractivity contribution in [3.05, 3.63) is 0 Å². The lowest BCUT2D eigenvalue weighted by Crippen LogP contribution is -2.66. The fourth-order valence-electron chi connectivity index (χ4n) is 3.07. The highest BCUT2D eigenvalue weighted by atomic mass is 16.6. The lowest BCUT2D eigenvalue weighted by atomic mass is 9.78. The third kappa shape index (κ3) is 3.15. The molecule has 1 aliphatic carbocycles. The van der Waals surface area contributed by atoms with Crippen molar-refractivity contribution in [2.24, 2.45) is 5.92 Å². The molecule has 0 spiro atoms. The zero-order chi connectivity index (χ0) is 15.8. The van der Waals surface area contributed by atoms with E-state index in [2.05, 4.69) is 5.32 Å². The van der Waals surface area contributed by atoms with Crippen molar-refractivity contribution >= 4 is 12.1 Å². The van der Waals surface area contributed by atoms with Crippen molar-refractivity contribution in [2.45, 2.75) is 64.1 Å². The monoisotopic (exact) mass is 298 g/mol. The molecule has 0 radical (unpaired) electrons. The van der Waals surface area contributed by atoms with Crippen molar-refractivity contribution in [1.29, 1.82) is 0 Å². The molecule has 2 aliphatic rings. The van der Waals surface area contributed by atoms with Crippen LogP contribution in [0.25, 0.3) is 0 Å². The van der Waals surface area contributed by atoms with Crippen LogP contribution in [0.5, 0.6) is 0 Å². The number of carboxylic acid groups (broad SMARTS) is 1. The molecule has 2 rings (SSSR count). The van der Waals surface area contributed by atoms with Gasteiger partial charge in [0.1, 0.15) is 11.1 Å². The van der Waals surface area contributed by atoms with E-state index in [0.29, 0.717) is 19.5 Å². The van der Waals surface area contributed by atoms with E-state index in [1.807, 2.05) is 6.92 Å². The highest BCUT2D eigenvalue weighted by Gasteiger charge is 2.57. The van der Waals surface area contributed by atoms with Crippen LogP contribution in [0.2, 0.25) is 0 Å². The molecule has 1 aliphatic heterocycles. The Kier molecular flexibility index (Phi) is 4.19. The van der Waals surface area contributed by atoms with Crippen molar-refractivity contribution in [2.75, 3.05) is 13.1 Å². The lowest BCUT2D eigenvalue weighted by molar-refractivity contribution is -0.157. The van der Waals surface area contributed by atoms with Gasteiger partial charge in [-0.15, -0.1) is 0 Å². The Labute approximate surface area is 125 Å². The molecular formula is C15H26N2O4. The standard InChI is InChI=1S/C15H26N2O4/c1-10-9-16-8-7-15(10,12(18)19)17(11-5-6-11)13(20)21-14(2,3)4/h10-11,16H,5-9H2,1-4H3,(H,18,19). The van der Waals surface area contributed by atoms with E-state index < -0.39 is 23.2 Å². The summed E-state index contributed by atoms with van der Waals surface area (Å²) in [5, 5.41) is 13.1. The van der Waals surface area contributed by atoms with Crippen LogP contribution in [0, 0.1) is 5.92 Å². The van der Waals surface area contributed by atoms with Gasteiger partial charge in [0.25, 0.3) is 0 Å². The van der Waals surface area contributed by atoms with Crippen LogP contribution >= 0.6 is 0 Å². The normalized spacial score (nSPS) is 29.8. The highest BCUT2D eigenvalue weighted by Crippen LogP contribution is 2.41. The Morgan fingerprint density at radius 3 is 2.38 bits per heavy atom. The van der Waals surface area contributed by atoms with Gasteiger partial charge >= 0.3 is 12.1 Å². The topological polar surface area (TPSA) is 78.9 Å². The van der Waals surface area contributed by atoms with Gasteiger partial charge in [0.2, 0.25) is 0 Å². The Morgan fingerprint density at radius 2 is 1.95 bits per heavy atom. The molecule has 6 nitrogen and oxygen atoms in total. The van der Waals surface area contributed by atoms with Crippen molar-refractivity contribution < 1.29 is 19.4 Å². The van der Waals surface area contributed by atoms with Crippen LogP contribution in [0.1, 0.15) is 47.0 Å². The van der Waals surface area contributed by atoms with Crippen LogP contribution in [0.15, 0.2) is 0 Å². The molecule has 1 saturated carbocycles. The zero-order valence-electron chi connectivity index (χ0n) is 13.3. The van der Waals surface area contributed by atoms with Crippen LogP contribution in [0.4, 0.5) is 4.79 Å². The molecule has 2 N–H and O–H groups in total. The van der Waals surface area contributed by atoms with Gasteiger partial charge < -0.3 is 15.2 Å². The Hall–Kier alpha value is -1.30. The summed E-state index contributed by atoms with van der Waals surface area (Å²) in [6.45, 7) is 8.49. The van der Waals surface area contributed by atoms with E-state index in [1.54, 1.807) is 20.8 Å². The van der Waals surface area contributed by atoms with E-state index in [0.717, 1.165) is 12.8 Å². The fraction of sp³-hybridized carbons (Fsp3) is 0.867. The molecule has 1 heterocycles. The van der Waals surface area contributed by atoms with Gasteiger partial charge in [-0.05, 0) is 46.6 Å². The van der Waals surface area contributed by atoms with Gasteiger partial charge in [0.15, 0.2) is 0 Å². The quantitative estimate of drug-likeness (QED) is 0.831. The number of rotatable bonds is 3. The molecule has 1 saturated heterocycles. The van der Waals surface area contributed by atoms with Crippen LogP contribution in [0.3, 0.4) is 0 Å². The average Bonchev–Trinajstić information content (AvgIpc) is 3.13. The number of aliphatic carboxylic acids is 1. The molecule has 2 atom stereocenters. The summed E-state index contributed by atoms with van der Waals surface area (Å²) >= 11 is 0. The third-order valence-corrected chi connectivity index (χ3v) is 4.25. The number of hydrogen-bond donors (Lipinski definition) is 2. The molecule has 0 aromatic rings. The summed E-state index contributed by atoms with van der Waals surface area (Å²) in [6.07, 6.45) is 1.63. The minimum atomic E-state index is -1.16. The van der Waals surface area contributed by atoms with Gasteiger partial charge in [0, 0.05) is 18.5 Å². The minimum absolute atomic E-state index is 0.00324. The van der Waals surface area contributed by atoms with Crippen molar-refractivity contribution in [3.8, 4) is 0 Å². The second kappa shape index (κ2) is 5.48. The molecule has 1 amide bonds. The first-order chi connectivity index (χ1) is 9.68. The van der Waals surface area contributed by atoms with E-state index in [-0.39, 0.29) is 12.0 Å². The number of carboxylic acids is 1. The van der Waals surface area contributed by atoms with Crippen LogP contribution in [-0.2, 0) is 9.53 Å². The summed E-state index contributed by atoms with van der Waals surface area (Å²) in [7, 11) is 0. The summed E-state index contributed by atoms with van der Waals surface area (Å²) in [5.41, 5.74) is -1.78. The molecule has 0 aromatic carbocycles. The molecule has 2 fully saturated rings. The third-order valence-electron chi connectivity index (χ3n) is 4.25. The molecule has 21 heavy (non-hydrogen) atoms. The Balaban J connectivity index is 2.34. The van der Waals surface area contributed by atoms with E-state index in [4.69, 9.17) is 4.74 Å². The van der Waals surface area contributed by atoms with E-state index in [1.165, 1.54) is 4.90 Å². The average molecular weight is 298 g/mol. The second-order valence-corrected chi connectivity index (χ2v) is 7.17. The lowest BCUT2D eigenvalue weighted by Gasteiger charge is -2.47. The first-order valence-electron chi connectivity index (χ1n) is 7.65. The summed E-state index contributed by atoms with van der Waals surface area (Å²) in [4.78, 5) is 26.2. The van der Waals surface area contributed by atoms with Crippen molar-refractivity contribution in [1.82, 2.24) is 10.2 Å². The molecule has 120 valence electrons. The van der Waals surface area contributed by atoms with Gasteiger partial charge in [-0.1, -0.05) is 6.92 Å². The molecule has 0 aromatic heterocycles. The molecular weight excluding hydrogens is 272 g/mol. The number of amides is 1. The molecule has 2 unspecified atom stereocenters. The number of carbonyl (C=O) groups excluding carboxylic acids is 1. The first kappa shape index (κ1) is 16.1. The maximum Gasteiger partial charge on any atom is 0.411 e. The van der Waals surface area contributed by atoms with Gasteiger partial charge in [0.05, 0.1) is 0 Å². The summed E-state index contributed by atoms with van der Waals surface area (Å²) in [6, 6.07) is -0.00324. The highest BCUT2D eigenvalue weighted by molar-refractivity contribution is 5.85. The Bertz CT molecular complexity index is 428. The van der Waals surface area contributed by atoms with Gasteiger partial charge in [-0.25, -0.2) is 9.59 Å². The summed E-state index contributed by atoms with van der Waals surface area (Å²) < 4.78 is 5.48. The smallest absolute Gasteiger partial charge is 0.411 e.